The van der Waals surface area contributed by atoms with Crippen LogP contribution in [0.5, 0.6) is 0 Å². The second-order valence-corrected chi connectivity index (χ2v) is 8.27. The van der Waals surface area contributed by atoms with Crippen LogP contribution in [0.25, 0.3) is 0 Å². The lowest BCUT2D eigenvalue weighted by Crippen LogP contribution is -2.29. The number of ether oxygens (including phenoxy) is 1. The number of nitrogens with one attached hydrogen (secondary N) is 1. The summed E-state index contributed by atoms with van der Waals surface area (Å²) in [5.74, 6) is 0.999. The molecule has 2 heterocycles. The van der Waals surface area contributed by atoms with Crippen molar-refractivity contribution in [2.24, 2.45) is 0 Å². The molecule has 9 nitrogen and oxygen atoms in total. The third-order valence-electron chi connectivity index (χ3n) is 4.98. The molecule has 166 valence electrons. The molecule has 1 aromatic heterocycles. The minimum atomic E-state index is -0.585. The zero-order chi connectivity index (χ0) is 22.4. The molecule has 3 rings (SSSR count). The molecule has 0 spiro atoms. The molecule has 2 aromatic rings. The van der Waals surface area contributed by atoms with Crippen LogP contribution in [-0.4, -0.2) is 38.0 Å². The molecule has 1 aliphatic heterocycles. The Morgan fingerprint density at radius 2 is 2.00 bits per heavy atom. The van der Waals surface area contributed by atoms with E-state index in [1.165, 1.54) is 31.4 Å². The summed E-state index contributed by atoms with van der Waals surface area (Å²) in [7, 11) is 0. The van der Waals surface area contributed by atoms with Gasteiger partial charge in [-0.25, -0.2) is 9.48 Å². The summed E-state index contributed by atoms with van der Waals surface area (Å²) in [6.45, 7) is 5.96. The van der Waals surface area contributed by atoms with Crippen molar-refractivity contribution in [3.63, 3.8) is 0 Å². The van der Waals surface area contributed by atoms with E-state index in [2.05, 4.69) is 22.3 Å². The molecule has 0 saturated heterocycles. The third-order valence-corrected chi connectivity index (χ3v) is 5.90. The second-order valence-electron chi connectivity index (χ2n) is 7.21. The minimum absolute atomic E-state index is 0.0155. The summed E-state index contributed by atoms with van der Waals surface area (Å²) >= 11 is 1.58. The highest BCUT2D eigenvalue weighted by atomic mass is 32.2. The molecule has 0 aliphatic carbocycles. The number of nitro groups is 1. The van der Waals surface area contributed by atoms with Crippen molar-refractivity contribution in [2.45, 2.75) is 57.7 Å². The number of fused-ring (bicyclic) bond motifs is 1. The molecule has 1 aromatic carbocycles. The number of carbonyl (C=O) groups is 1. The first-order chi connectivity index (χ1) is 15.0. The predicted octanol–water partition coefficient (Wildman–Crippen LogP) is 4.71. The Kier molecular flexibility index (Phi) is 7.67. The van der Waals surface area contributed by atoms with Crippen LogP contribution in [0.3, 0.4) is 0 Å². The van der Waals surface area contributed by atoms with E-state index in [1.807, 2.05) is 0 Å². The molecular weight excluding hydrogens is 418 g/mol. The van der Waals surface area contributed by atoms with Gasteiger partial charge < -0.3 is 10.1 Å². The van der Waals surface area contributed by atoms with Crippen LogP contribution in [0.4, 0.5) is 11.6 Å². The van der Waals surface area contributed by atoms with Gasteiger partial charge in [0, 0.05) is 23.6 Å². The van der Waals surface area contributed by atoms with Crippen LogP contribution >= 0.6 is 11.8 Å². The highest BCUT2D eigenvalue weighted by molar-refractivity contribution is 7.99. The molecule has 0 amide bonds. The Bertz CT molecular complexity index is 971. The number of hydrogen-bond donors (Lipinski definition) is 1. The molecule has 1 atom stereocenters. The lowest BCUT2D eigenvalue weighted by Gasteiger charge is -2.28. The summed E-state index contributed by atoms with van der Waals surface area (Å²) in [5, 5.41) is 19.5. The van der Waals surface area contributed by atoms with Gasteiger partial charge in [-0.1, -0.05) is 37.9 Å². The Balaban J connectivity index is 1.93. The number of esters is 1. The SMILES string of the molecule is CCCCCCSc1nc2n(n1)[C@H](c1ccc([N+](=O)[O-])cc1)C(C(=O)OCC)=C(C)N2. The topological polar surface area (TPSA) is 112 Å². The minimum Gasteiger partial charge on any atom is -0.463 e. The largest absolute Gasteiger partial charge is 0.463 e. The molecule has 0 radical (unpaired) electrons. The van der Waals surface area contributed by atoms with Crippen LogP contribution in [0.15, 0.2) is 40.7 Å². The van der Waals surface area contributed by atoms with Crippen molar-refractivity contribution in [3.05, 3.63) is 51.2 Å². The van der Waals surface area contributed by atoms with Gasteiger partial charge in [-0.05, 0) is 38.0 Å². The molecule has 31 heavy (non-hydrogen) atoms. The fourth-order valence-electron chi connectivity index (χ4n) is 3.44. The van der Waals surface area contributed by atoms with Gasteiger partial charge in [0.1, 0.15) is 6.04 Å². The smallest absolute Gasteiger partial charge is 0.338 e. The Morgan fingerprint density at radius 3 is 2.65 bits per heavy atom. The predicted molar refractivity (Wildman–Crippen MR) is 119 cm³/mol. The van der Waals surface area contributed by atoms with E-state index >= 15 is 0 Å². The number of thioether (sulfide) groups is 1. The first-order valence-electron chi connectivity index (χ1n) is 10.4. The van der Waals surface area contributed by atoms with Gasteiger partial charge in [-0.3, -0.25) is 10.1 Å². The first kappa shape index (κ1) is 22.8. The van der Waals surface area contributed by atoms with E-state index in [0.29, 0.717) is 27.9 Å². The number of unbranched alkanes of at least 4 members (excludes halogenated alkanes) is 3. The summed E-state index contributed by atoms with van der Waals surface area (Å²) in [4.78, 5) is 27.9. The number of benzene rings is 1. The molecule has 0 fully saturated rings. The summed E-state index contributed by atoms with van der Waals surface area (Å²) in [5.41, 5.74) is 1.71. The number of anilines is 1. The maximum absolute atomic E-state index is 12.8. The van der Waals surface area contributed by atoms with E-state index in [9.17, 15) is 14.9 Å². The maximum Gasteiger partial charge on any atom is 0.338 e. The quantitative estimate of drug-likeness (QED) is 0.184. The fraction of sp³-hybridized carbons (Fsp3) is 0.476. The van der Waals surface area contributed by atoms with Gasteiger partial charge >= 0.3 is 5.97 Å². The number of rotatable bonds is 10. The number of allylic oxidation sites excluding steroid dienone is 1. The van der Waals surface area contributed by atoms with E-state index in [1.54, 1.807) is 42.4 Å². The highest BCUT2D eigenvalue weighted by Crippen LogP contribution is 2.37. The van der Waals surface area contributed by atoms with Crippen molar-refractivity contribution < 1.29 is 14.5 Å². The van der Waals surface area contributed by atoms with Crippen LogP contribution < -0.4 is 5.32 Å². The van der Waals surface area contributed by atoms with Crippen molar-refractivity contribution in [2.75, 3.05) is 17.7 Å². The average Bonchev–Trinajstić information content (AvgIpc) is 3.15. The number of non-ortho nitro benzene ring substituents is 1. The molecule has 1 N–H and O–H groups in total. The number of hydrogen-bond acceptors (Lipinski definition) is 8. The van der Waals surface area contributed by atoms with Crippen LogP contribution in [0.2, 0.25) is 0 Å². The van der Waals surface area contributed by atoms with Gasteiger partial charge in [0.15, 0.2) is 0 Å². The van der Waals surface area contributed by atoms with Gasteiger partial charge in [0.25, 0.3) is 5.69 Å². The van der Waals surface area contributed by atoms with Crippen molar-refractivity contribution in [1.82, 2.24) is 14.8 Å². The van der Waals surface area contributed by atoms with Crippen molar-refractivity contribution in [3.8, 4) is 0 Å². The van der Waals surface area contributed by atoms with Crippen LogP contribution in [0, 0.1) is 10.1 Å². The normalized spacial score (nSPS) is 15.4. The van der Waals surface area contributed by atoms with Crippen molar-refractivity contribution >= 4 is 29.4 Å². The van der Waals surface area contributed by atoms with E-state index in [0.717, 1.165) is 12.2 Å². The number of nitrogens with zero attached hydrogens (tertiary/aromatic N) is 4. The van der Waals surface area contributed by atoms with Gasteiger partial charge in [0.05, 0.1) is 17.1 Å². The van der Waals surface area contributed by atoms with Crippen molar-refractivity contribution in [1.29, 1.82) is 0 Å². The van der Waals surface area contributed by atoms with Gasteiger partial charge in [0.2, 0.25) is 11.1 Å². The second kappa shape index (κ2) is 10.4. The summed E-state index contributed by atoms with van der Waals surface area (Å²) in [6, 6.07) is 5.55. The Morgan fingerprint density at radius 1 is 1.26 bits per heavy atom. The number of aromatic nitrogens is 3. The molecule has 10 heteroatoms. The lowest BCUT2D eigenvalue weighted by atomic mass is 9.95. The Hall–Kier alpha value is -2.88. The molecule has 1 aliphatic rings. The monoisotopic (exact) mass is 445 g/mol. The Labute approximate surface area is 185 Å². The van der Waals surface area contributed by atoms with Gasteiger partial charge in [-0.2, -0.15) is 4.98 Å². The zero-order valence-corrected chi connectivity index (χ0v) is 18.8. The number of nitro benzene ring substituents is 1. The first-order valence-corrected chi connectivity index (χ1v) is 11.4. The van der Waals surface area contributed by atoms with E-state index in [4.69, 9.17) is 4.74 Å². The van der Waals surface area contributed by atoms with Crippen LogP contribution in [0.1, 0.15) is 58.1 Å². The third kappa shape index (κ3) is 5.25. The van der Waals surface area contributed by atoms with Crippen LogP contribution in [-0.2, 0) is 9.53 Å². The maximum atomic E-state index is 12.8. The highest BCUT2D eigenvalue weighted by Gasteiger charge is 2.35. The van der Waals surface area contributed by atoms with E-state index < -0.39 is 16.9 Å². The van der Waals surface area contributed by atoms with E-state index in [-0.39, 0.29) is 12.3 Å². The number of carbonyl (C=O) groups excluding carboxylic acids is 1. The average molecular weight is 446 g/mol. The summed E-state index contributed by atoms with van der Waals surface area (Å²) < 4.78 is 6.94. The molecule has 0 unspecified atom stereocenters. The lowest BCUT2D eigenvalue weighted by molar-refractivity contribution is -0.384. The summed E-state index contributed by atoms with van der Waals surface area (Å²) in [6.07, 6.45) is 4.66. The molecule has 0 bridgehead atoms. The van der Waals surface area contributed by atoms with Gasteiger partial charge in [-0.15, -0.1) is 5.10 Å². The molecule has 0 saturated carbocycles. The standard InChI is InChI=1S/C21H27N5O4S/c1-4-6-7-8-13-31-21-23-20-22-14(3)17(19(27)30-5-2)18(25(20)24-21)15-9-11-16(12-10-15)26(28)29/h9-12,18H,4-8,13H2,1-3H3,(H,22,23,24)/t18-/m1/s1. The fourth-order valence-corrected chi connectivity index (χ4v) is 4.27. The molecular formula is C21H27N5O4S. The zero-order valence-electron chi connectivity index (χ0n) is 18.0.